The monoisotopic (exact) mass is 233 g/mol. The molecular formula is C15H23NO. The molecule has 1 saturated heterocycles. The van der Waals surface area contributed by atoms with E-state index in [0.717, 1.165) is 19.4 Å². The topological polar surface area (TPSA) is 21.3 Å². The first-order valence-corrected chi connectivity index (χ1v) is 6.44. The molecule has 0 aromatic heterocycles. The van der Waals surface area contributed by atoms with Gasteiger partial charge in [0.05, 0.1) is 5.60 Å². The van der Waals surface area contributed by atoms with Crippen LogP contribution < -0.4 is 5.32 Å². The fourth-order valence-electron chi connectivity index (χ4n) is 2.90. The molecule has 1 aromatic rings. The number of rotatable bonds is 2. The Bertz CT molecular complexity index is 402. The normalized spacial score (nSPS) is 29.3. The van der Waals surface area contributed by atoms with E-state index >= 15 is 0 Å². The molecule has 2 nitrogen and oxygen atoms in total. The molecule has 0 aliphatic carbocycles. The lowest BCUT2D eigenvalue weighted by Gasteiger charge is -2.39. The molecule has 17 heavy (non-hydrogen) atoms. The molecule has 2 unspecified atom stereocenters. The SMILES string of the molecule is CNC1CCOC(C)(c2ccc(C)cc2C)C1. The summed E-state index contributed by atoms with van der Waals surface area (Å²) in [5.74, 6) is 0. The Balaban J connectivity index is 2.30. The predicted molar refractivity (Wildman–Crippen MR) is 71.3 cm³/mol. The van der Waals surface area contributed by atoms with E-state index < -0.39 is 0 Å². The van der Waals surface area contributed by atoms with Crippen LogP contribution in [-0.4, -0.2) is 19.7 Å². The fourth-order valence-corrected chi connectivity index (χ4v) is 2.90. The van der Waals surface area contributed by atoms with Crippen molar-refractivity contribution in [3.8, 4) is 0 Å². The van der Waals surface area contributed by atoms with E-state index in [1.807, 2.05) is 7.05 Å². The van der Waals surface area contributed by atoms with Crippen molar-refractivity contribution in [1.82, 2.24) is 5.32 Å². The quantitative estimate of drug-likeness (QED) is 0.848. The van der Waals surface area contributed by atoms with Gasteiger partial charge < -0.3 is 10.1 Å². The molecule has 1 heterocycles. The Morgan fingerprint density at radius 1 is 1.35 bits per heavy atom. The van der Waals surface area contributed by atoms with Crippen LogP contribution in [-0.2, 0) is 10.3 Å². The molecule has 1 aliphatic rings. The average Bonchev–Trinajstić information content (AvgIpc) is 2.28. The summed E-state index contributed by atoms with van der Waals surface area (Å²) in [5, 5.41) is 3.38. The van der Waals surface area contributed by atoms with Crippen molar-refractivity contribution in [2.45, 2.75) is 45.3 Å². The van der Waals surface area contributed by atoms with E-state index in [1.165, 1.54) is 16.7 Å². The maximum atomic E-state index is 6.06. The molecule has 94 valence electrons. The number of hydrogen-bond donors (Lipinski definition) is 1. The van der Waals surface area contributed by atoms with E-state index in [-0.39, 0.29) is 5.60 Å². The molecule has 0 amide bonds. The summed E-state index contributed by atoms with van der Waals surface area (Å²) in [6, 6.07) is 7.21. The van der Waals surface area contributed by atoms with E-state index in [9.17, 15) is 0 Å². The van der Waals surface area contributed by atoms with Gasteiger partial charge >= 0.3 is 0 Å². The Morgan fingerprint density at radius 3 is 2.76 bits per heavy atom. The van der Waals surface area contributed by atoms with E-state index in [2.05, 4.69) is 44.3 Å². The number of nitrogens with one attached hydrogen (secondary N) is 1. The summed E-state index contributed by atoms with van der Waals surface area (Å²) >= 11 is 0. The first kappa shape index (κ1) is 12.6. The minimum absolute atomic E-state index is 0.135. The van der Waals surface area contributed by atoms with Gasteiger partial charge in [-0.25, -0.2) is 0 Å². The molecule has 1 aliphatic heterocycles. The minimum Gasteiger partial charge on any atom is -0.370 e. The first-order valence-electron chi connectivity index (χ1n) is 6.44. The molecule has 1 aromatic carbocycles. The van der Waals surface area contributed by atoms with Crippen molar-refractivity contribution in [3.63, 3.8) is 0 Å². The van der Waals surface area contributed by atoms with Crippen LogP contribution in [0.25, 0.3) is 0 Å². The maximum Gasteiger partial charge on any atom is 0.0920 e. The third-order valence-corrected chi connectivity index (χ3v) is 3.88. The molecule has 0 saturated carbocycles. The summed E-state index contributed by atoms with van der Waals surface area (Å²) in [6.45, 7) is 7.38. The van der Waals surface area contributed by atoms with Gasteiger partial charge in [-0.1, -0.05) is 23.8 Å². The van der Waals surface area contributed by atoms with Gasteiger partial charge in [-0.05, 0) is 51.8 Å². The summed E-state index contributed by atoms with van der Waals surface area (Å²) in [4.78, 5) is 0. The van der Waals surface area contributed by atoms with Crippen molar-refractivity contribution in [3.05, 3.63) is 34.9 Å². The van der Waals surface area contributed by atoms with Crippen LogP contribution in [0.1, 0.15) is 36.5 Å². The van der Waals surface area contributed by atoms with E-state index in [0.29, 0.717) is 6.04 Å². The lowest BCUT2D eigenvalue weighted by molar-refractivity contribution is -0.0807. The van der Waals surface area contributed by atoms with E-state index in [1.54, 1.807) is 0 Å². The maximum absolute atomic E-state index is 6.06. The lowest BCUT2D eigenvalue weighted by atomic mass is 9.83. The van der Waals surface area contributed by atoms with Gasteiger partial charge in [0, 0.05) is 12.6 Å². The average molecular weight is 233 g/mol. The smallest absolute Gasteiger partial charge is 0.0920 e. The summed E-state index contributed by atoms with van der Waals surface area (Å²) in [7, 11) is 2.04. The van der Waals surface area contributed by atoms with Crippen molar-refractivity contribution >= 4 is 0 Å². The number of benzene rings is 1. The van der Waals surface area contributed by atoms with Crippen LogP contribution in [0.3, 0.4) is 0 Å². The zero-order valence-corrected chi connectivity index (χ0v) is 11.3. The van der Waals surface area contributed by atoms with Gasteiger partial charge in [0.2, 0.25) is 0 Å². The van der Waals surface area contributed by atoms with Crippen LogP contribution in [0.4, 0.5) is 0 Å². The Hall–Kier alpha value is -0.860. The van der Waals surface area contributed by atoms with Crippen LogP contribution in [0.15, 0.2) is 18.2 Å². The first-order chi connectivity index (χ1) is 8.05. The zero-order valence-electron chi connectivity index (χ0n) is 11.3. The molecule has 1 N–H and O–H groups in total. The second-order valence-corrected chi connectivity index (χ2v) is 5.38. The predicted octanol–water partition coefficient (Wildman–Crippen LogP) is 2.92. The molecule has 2 atom stereocenters. The summed E-state index contributed by atoms with van der Waals surface area (Å²) in [5.41, 5.74) is 3.85. The molecule has 2 rings (SSSR count). The van der Waals surface area contributed by atoms with Crippen LogP contribution in [0.2, 0.25) is 0 Å². The van der Waals surface area contributed by atoms with Gasteiger partial charge in [0.25, 0.3) is 0 Å². The highest BCUT2D eigenvalue weighted by Crippen LogP contribution is 2.36. The fraction of sp³-hybridized carbons (Fsp3) is 0.600. The second kappa shape index (κ2) is 4.79. The molecule has 1 fully saturated rings. The number of hydrogen-bond acceptors (Lipinski definition) is 2. The largest absolute Gasteiger partial charge is 0.370 e. The summed E-state index contributed by atoms with van der Waals surface area (Å²) in [6.07, 6.45) is 2.16. The number of ether oxygens (including phenoxy) is 1. The molecule has 0 radical (unpaired) electrons. The van der Waals surface area contributed by atoms with Crippen molar-refractivity contribution < 1.29 is 4.74 Å². The highest BCUT2D eigenvalue weighted by Gasteiger charge is 2.35. The van der Waals surface area contributed by atoms with Gasteiger partial charge in [0.15, 0.2) is 0 Å². The Kier molecular flexibility index (Phi) is 3.55. The summed E-state index contributed by atoms with van der Waals surface area (Å²) < 4.78 is 6.06. The zero-order chi connectivity index (χ0) is 12.5. The Labute approximate surface area is 104 Å². The molecule has 2 heteroatoms. The van der Waals surface area contributed by atoms with E-state index in [4.69, 9.17) is 4.74 Å². The lowest BCUT2D eigenvalue weighted by Crippen LogP contribution is -2.42. The highest BCUT2D eigenvalue weighted by molar-refractivity contribution is 5.35. The van der Waals surface area contributed by atoms with Crippen LogP contribution >= 0.6 is 0 Å². The molecule has 0 bridgehead atoms. The number of aryl methyl sites for hydroxylation is 2. The van der Waals surface area contributed by atoms with Gasteiger partial charge in [0.1, 0.15) is 0 Å². The van der Waals surface area contributed by atoms with Crippen LogP contribution in [0.5, 0.6) is 0 Å². The minimum atomic E-state index is -0.135. The Morgan fingerprint density at radius 2 is 2.12 bits per heavy atom. The van der Waals surface area contributed by atoms with Gasteiger partial charge in [-0.3, -0.25) is 0 Å². The van der Waals surface area contributed by atoms with Crippen LogP contribution in [0, 0.1) is 13.8 Å². The third kappa shape index (κ3) is 2.53. The third-order valence-electron chi connectivity index (χ3n) is 3.88. The van der Waals surface area contributed by atoms with Gasteiger partial charge in [-0.2, -0.15) is 0 Å². The molecular weight excluding hydrogens is 210 g/mol. The van der Waals surface area contributed by atoms with Crippen molar-refractivity contribution in [2.75, 3.05) is 13.7 Å². The van der Waals surface area contributed by atoms with Crippen molar-refractivity contribution in [1.29, 1.82) is 0 Å². The second-order valence-electron chi connectivity index (χ2n) is 5.38. The standard InChI is InChI=1S/C15H23NO/c1-11-5-6-14(12(2)9-11)15(3)10-13(16-4)7-8-17-15/h5-6,9,13,16H,7-8,10H2,1-4H3. The van der Waals surface area contributed by atoms with Crippen molar-refractivity contribution in [2.24, 2.45) is 0 Å². The van der Waals surface area contributed by atoms with Gasteiger partial charge in [-0.15, -0.1) is 0 Å². The highest BCUT2D eigenvalue weighted by atomic mass is 16.5. The molecule has 0 spiro atoms.